The van der Waals surface area contributed by atoms with Crippen molar-refractivity contribution in [2.45, 2.75) is 38.1 Å². The summed E-state index contributed by atoms with van der Waals surface area (Å²) in [5, 5.41) is 13.3. The van der Waals surface area contributed by atoms with Gasteiger partial charge in [0.2, 0.25) is 11.8 Å². The summed E-state index contributed by atoms with van der Waals surface area (Å²) in [5.41, 5.74) is 2.33. The largest absolute Gasteiger partial charge is 0.465 e. The van der Waals surface area contributed by atoms with Crippen LogP contribution in [-0.2, 0) is 32.2 Å². The third-order valence-electron chi connectivity index (χ3n) is 6.67. The zero-order valence-electron chi connectivity index (χ0n) is 21.5. The van der Waals surface area contributed by atoms with Gasteiger partial charge in [0.15, 0.2) is 0 Å². The first-order valence-electron chi connectivity index (χ1n) is 12.7. The molecule has 4 aromatic rings. The molecule has 1 aliphatic rings. The summed E-state index contributed by atoms with van der Waals surface area (Å²) in [6.45, 7) is 1.15. The number of rotatable bonds is 10. The monoisotopic (exact) mass is 547 g/mol. The Labute approximate surface area is 229 Å². The molecule has 0 aliphatic carbocycles. The molecular weight excluding hydrogens is 518 g/mol. The lowest BCUT2D eigenvalue weighted by molar-refractivity contribution is -0.142. The molecule has 1 saturated heterocycles. The molecule has 1 N–H and O–H groups in total. The summed E-state index contributed by atoms with van der Waals surface area (Å²) >= 11 is 1.51. The molecular formula is C28H29N5O5S. The molecule has 0 saturated carbocycles. The number of hydrogen-bond acceptors (Lipinski definition) is 8. The fourth-order valence-corrected chi connectivity index (χ4v) is 5.36. The summed E-state index contributed by atoms with van der Waals surface area (Å²) in [6.07, 6.45) is 1.77. The quantitative estimate of drug-likeness (QED) is 0.303. The van der Waals surface area contributed by atoms with Crippen molar-refractivity contribution in [3.8, 4) is 0 Å². The van der Waals surface area contributed by atoms with Crippen molar-refractivity contribution in [2.75, 3.05) is 20.3 Å². The third-order valence-corrected chi connectivity index (χ3v) is 7.53. The first-order valence-corrected chi connectivity index (χ1v) is 13.6. The van der Waals surface area contributed by atoms with Gasteiger partial charge >= 0.3 is 5.97 Å². The number of carbonyl (C=O) groups is 3. The van der Waals surface area contributed by atoms with Crippen LogP contribution in [0.3, 0.4) is 0 Å². The molecule has 2 aromatic carbocycles. The molecule has 1 aliphatic heterocycles. The molecule has 39 heavy (non-hydrogen) atoms. The number of nitrogens with zero attached hydrogens (tertiary/aromatic N) is 4. The molecule has 2 amide bonds. The van der Waals surface area contributed by atoms with Crippen molar-refractivity contribution in [1.82, 2.24) is 25.2 Å². The summed E-state index contributed by atoms with van der Waals surface area (Å²) in [5.74, 6) is -1.11. The molecule has 1 fully saturated rings. The molecule has 11 heteroatoms. The second kappa shape index (κ2) is 12.2. The average Bonchev–Trinajstić information content (AvgIpc) is 3.75. The van der Waals surface area contributed by atoms with E-state index >= 15 is 0 Å². The summed E-state index contributed by atoms with van der Waals surface area (Å²) in [6, 6.07) is 16.8. The number of para-hydroxylation sites is 1. The number of carbonyl (C=O) groups excluding carboxylic acids is 3. The van der Waals surface area contributed by atoms with E-state index in [-0.39, 0.29) is 31.0 Å². The SMILES string of the molecule is COC(=O)c1ccc(C(C(=O)NCC2CCCO2)N(Cc2cccs2)C(=O)Cn2nnc3ccccc32)cc1. The average molecular weight is 548 g/mol. The van der Waals surface area contributed by atoms with Gasteiger partial charge in [-0.3, -0.25) is 9.59 Å². The van der Waals surface area contributed by atoms with Crippen LogP contribution in [0.1, 0.15) is 39.7 Å². The lowest BCUT2D eigenvalue weighted by atomic mass is 10.0. The number of esters is 1. The van der Waals surface area contributed by atoms with E-state index in [1.54, 1.807) is 33.8 Å². The second-order valence-corrected chi connectivity index (χ2v) is 10.3. The molecule has 10 nitrogen and oxygen atoms in total. The predicted octanol–water partition coefficient (Wildman–Crippen LogP) is 3.34. The van der Waals surface area contributed by atoms with Gasteiger partial charge in [-0.1, -0.05) is 35.5 Å². The summed E-state index contributed by atoms with van der Waals surface area (Å²) in [4.78, 5) is 42.2. The molecule has 2 atom stereocenters. The number of thiophene rings is 1. The van der Waals surface area contributed by atoms with Gasteiger partial charge in [-0.15, -0.1) is 16.4 Å². The Balaban J connectivity index is 1.48. The number of ether oxygens (including phenoxy) is 2. The highest BCUT2D eigenvalue weighted by molar-refractivity contribution is 7.09. The third kappa shape index (κ3) is 6.15. The number of benzene rings is 2. The van der Waals surface area contributed by atoms with Crippen molar-refractivity contribution < 1.29 is 23.9 Å². The van der Waals surface area contributed by atoms with E-state index in [2.05, 4.69) is 15.6 Å². The second-order valence-electron chi connectivity index (χ2n) is 9.23. The molecule has 3 heterocycles. The van der Waals surface area contributed by atoms with Crippen LogP contribution < -0.4 is 5.32 Å². The molecule has 0 bridgehead atoms. The fourth-order valence-electron chi connectivity index (χ4n) is 4.66. The van der Waals surface area contributed by atoms with Crippen LogP contribution in [-0.4, -0.2) is 64.0 Å². The Morgan fingerprint density at radius 2 is 1.97 bits per heavy atom. The number of amides is 2. The minimum absolute atomic E-state index is 0.0562. The lowest BCUT2D eigenvalue weighted by Crippen LogP contribution is -2.46. The van der Waals surface area contributed by atoms with Crippen LogP contribution in [0.4, 0.5) is 0 Å². The van der Waals surface area contributed by atoms with Crippen LogP contribution in [0.5, 0.6) is 0 Å². The maximum Gasteiger partial charge on any atom is 0.337 e. The molecule has 0 radical (unpaired) electrons. The zero-order valence-corrected chi connectivity index (χ0v) is 22.3. The van der Waals surface area contributed by atoms with Crippen LogP contribution in [0, 0.1) is 0 Å². The maximum absolute atomic E-state index is 13.9. The van der Waals surface area contributed by atoms with Gasteiger partial charge in [-0.05, 0) is 54.1 Å². The van der Waals surface area contributed by atoms with Crippen molar-refractivity contribution in [3.63, 3.8) is 0 Å². The van der Waals surface area contributed by atoms with E-state index in [1.807, 2.05) is 41.8 Å². The van der Waals surface area contributed by atoms with Crippen molar-refractivity contribution >= 4 is 40.2 Å². The number of aromatic nitrogens is 3. The minimum Gasteiger partial charge on any atom is -0.465 e. The predicted molar refractivity (Wildman–Crippen MR) is 145 cm³/mol. The van der Waals surface area contributed by atoms with Crippen LogP contribution in [0.25, 0.3) is 11.0 Å². The molecule has 2 unspecified atom stereocenters. The van der Waals surface area contributed by atoms with Crippen LogP contribution in [0.15, 0.2) is 66.0 Å². The Hall–Kier alpha value is -4.09. The molecule has 202 valence electrons. The summed E-state index contributed by atoms with van der Waals surface area (Å²) < 4.78 is 12.0. The van der Waals surface area contributed by atoms with E-state index in [0.29, 0.717) is 29.8 Å². The van der Waals surface area contributed by atoms with Crippen molar-refractivity contribution in [2.24, 2.45) is 0 Å². The van der Waals surface area contributed by atoms with Gasteiger partial charge in [0.25, 0.3) is 0 Å². The van der Waals surface area contributed by atoms with E-state index in [4.69, 9.17) is 9.47 Å². The van der Waals surface area contributed by atoms with Gasteiger partial charge in [-0.2, -0.15) is 0 Å². The van der Waals surface area contributed by atoms with Gasteiger partial charge in [-0.25, -0.2) is 9.48 Å². The van der Waals surface area contributed by atoms with Gasteiger partial charge < -0.3 is 19.7 Å². The van der Waals surface area contributed by atoms with E-state index < -0.39 is 12.0 Å². The standard InChI is InChI=1S/C28H29N5O5S/c1-37-28(36)20-12-10-19(11-13-20)26(27(35)29-16-21-6-4-14-38-21)32(17-22-7-5-15-39-22)25(34)18-33-24-9-3-2-8-23(24)30-31-33/h2-3,5,7-13,15,21,26H,4,6,14,16-18H2,1H3,(H,29,35). The molecule has 2 aromatic heterocycles. The Morgan fingerprint density at radius 1 is 1.15 bits per heavy atom. The van der Waals surface area contributed by atoms with E-state index in [9.17, 15) is 14.4 Å². The van der Waals surface area contributed by atoms with Crippen molar-refractivity contribution in [1.29, 1.82) is 0 Å². The number of nitrogens with one attached hydrogen (secondary N) is 1. The van der Waals surface area contributed by atoms with Gasteiger partial charge in [0.1, 0.15) is 18.1 Å². The van der Waals surface area contributed by atoms with Gasteiger partial charge in [0, 0.05) is 18.0 Å². The van der Waals surface area contributed by atoms with Crippen molar-refractivity contribution in [3.05, 3.63) is 82.0 Å². The topological polar surface area (TPSA) is 116 Å². The minimum atomic E-state index is -0.956. The maximum atomic E-state index is 13.9. The van der Waals surface area contributed by atoms with E-state index in [0.717, 1.165) is 23.2 Å². The molecule has 5 rings (SSSR count). The fraction of sp³-hybridized carbons (Fsp3) is 0.321. The first-order chi connectivity index (χ1) is 19.0. The Bertz CT molecular complexity index is 1430. The Morgan fingerprint density at radius 3 is 2.69 bits per heavy atom. The zero-order chi connectivity index (χ0) is 27.2. The highest BCUT2D eigenvalue weighted by Crippen LogP contribution is 2.27. The smallest absolute Gasteiger partial charge is 0.337 e. The highest BCUT2D eigenvalue weighted by Gasteiger charge is 2.33. The van der Waals surface area contributed by atoms with E-state index in [1.165, 1.54) is 18.4 Å². The van der Waals surface area contributed by atoms with Gasteiger partial charge in [0.05, 0.1) is 30.8 Å². The van der Waals surface area contributed by atoms with Crippen LogP contribution in [0.2, 0.25) is 0 Å². The first kappa shape index (κ1) is 26.5. The number of methoxy groups -OCH3 is 1. The summed E-state index contributed by atoms with van der Waals surface area (Å²) in [7, 11) is 1.31. The number of fused-ring (bicyclic) bond motifs is 1. The molecule has 0 spiro atoms. The lowest BCUT2D eigenvalue weighted by Gasteiger charge is -2.31. The normalized spacial score (nSPS) is 15.7. The highest BCUT2D eigenvalue weighted by atomic mass is 32.1. The Kier molecular flexibility index (Phi) is 8.28. The number of hydrogen-bond donors (Lipinski definition) is 1. The van der Waals surface area contributed by atoms with Crippen LogP contribution >= 0.6 is 11.3 Å².